The molecule has 2 rings (SSSR count). The molecule has 1 unspecified atom stereocenters. The molecule has 116 valence electrons. The van der Waals surface area contributed by atoms with Crippen LogP contribution in [0.2, 0.25) is 0 Å². The molecular formula is C17H26N2O2. The van der Waals surface area contributed by atoms with Gasteiger partial charge in [0.25, 0.3) is 0 Å². The average molecular weight is 290 g/mol. The first-order chi connectivity index (χ1) is 10.1. The molecule has 0 heterocycles. The zero-order valence-electron chi connectivity index (χ0n) is 13.0. The molecule has 0 aliphatic heterocycles. The molecule has 4 heteroatoms. The van der Waals surface area contributed by atoms with E-state index in [-0.39, 0.29) is 0 Å². The van der Waals surface area contributed by atoms with E-state index in [0.29, 0.717) is 18.6 Å². The number of nitrogens with zero attached hydrogens (tertiary/aromatic N) is 1. The van der Waals surface area contributed by atoms with Crippen LogP contribution in [0.4, 0.5) is 0 Å². The summed E-state index contributed by atoms with van der Waals surface area (Å²) >= 11 is 0. The minimum absolute atomic E-state index is 0.446. The van der Waals surface area contributed by atoms with E-state index >= 15 is 0 Å². The summed E-state index contributed by atoms with van der Waals surface area (Å²) in [6.07, 6.45) is 4.63. The number of hydrogen-bond donors (Lipinski definition) is 2. The van der Waals surface area contributed by atoms with E-state index in [2.05, 4.69) is 17.3 Å². The smallest absolute Gasteiger partial charge is 0.312 e. The fourth-order valence-corrected chi connectivity index (χ4v) is 3.25. The lowest BCUT2D eigenvalue weighted by Crippen LogP contribution is -2.42. The lowest BCUT2D eigenvalue weighted by molar-refractivity contribution is -0.139. The molecule has 0 bridgehead atoms. The zero-order chi connectivity index (χ0) is 15.2. The van der Waals surface area contributed by atoms with Gasteiger partial charge in [-0.2, -0.15) is 0 Å². The van der Waals surface area contributed by atoms with Gasteiger partial charge in [-0.15, -0.1) is 0 Å². The molecule has 0 spiro atoms. The molecule has 1 aliphatic carbocycles. The molecule has 1 aromatic carbocycles. The summed E-state index contributed by atoms with van der Waals surface area (Å²) in [6.45, 7) is 0.578. The van der Waals surface area contributed by atoms with Crippen LogP contribution in [0.5, 0.6) is 0 Å². The minimum atomic E-state index is -0.739. The van der Waals surface area contributed by atoms with Crippen molar-refractivity contribution in [3.05, 3.63) is 35.9 Å². The zero-order valence-corrected chi connectivity index (χ0v) is 13.0. The Kier molecular flexibility index (Phi) is 5.76. The summed E-state index contributed by atoms with van der Waals surface area (Å²) in [5.41, 5.74) is 0.890. The Morgan fingerprint density at radius 3 is 2.43 bits per heavy atom. The van der Waals surface area contributed by atoms with Gasteiger partial charge in [-0.3, -0.25) is 4.79 Å². The second kappa shape index (κ2) is 7.57. The highest BCUT2D eigenvalue weighted by atomic mass is 16.4. The second-order valence-electron chi connectivity index (χ2n) is 6.04. The molecule has 1 aliphatic rings. The van der Waals surface area contributed by atoms with Crippen LogP contribution in [-0.2, 0) is 4.79 Å². The van der Waals surface area contributed by atoms with Crippen molar-refractivity contribution >= 4 is 5.97 Å². The Bertz CT molecular complexity index is 441. The Balaban J connectivity index is 1.96. The summed E-state index contributed by atoms with van der Waals surface area (Å²) in [5, 5.41) is 12.9. The predicted octanol–water partition coefficient (Wildman–Crippen LogP) is 2.32. The van der Waals surface area contributed by atoms with Crippen molar-refractivity contribution in [1.82, 2.24) is 10.2 Å². The topological polar surface area (TPSA) is 52.6 Å². The van der Waals surface area contributed by atoms with Gasteiger partial charge in [-0.05, 0) is 45.3 Å². The van der Waals surface area contributed by atoms with Crippen molar-refractivity contribution in [2.24, 2.45) is 0 Å². The Morgan fingerprint density at radius 1 is 1.29 bits per heavy atom. The first-order valence-corrected chi connectivity index (χ1v) is 7.77. The van der Waals surface area contributed by atoms with E-state index in [0.717, 1.165) is 18.4 Å². The van der Waals surface area contributed by atoms with Crippen LogP contribution in [0.1, 0.15) is 37.2 Å². The van der Waals surface area contributed by atoms with E-state index in [1.54, 1.807) is 0 Å². The molecule has 0 aromatic heterocycles. The molecule has 2 N–H and O–H groups in total. The third-order valence-electron chi connectivity index (χ3n) is 4.70. The molecule has 0 saturated heterocycles. The van der Waals surface area contributed by atoms with E-state index in [1.165, 1.54) is 12.8 Å². The van der Waals surface area contributed by atoms with E-state index in [1.807, 2.05) is 37.4 Å². The minimum Gasteiger partial charge on any atom is -0.481 e. The maximum Gasteiger partial charge on any atom is 0.312 e. The Hall–Kier alpha value is -1.39. The summed E-state index contributed by atoms with van der Waals surface area (Å²) in [5.74, 6) is -1.19. The number of hydrogen-bond acceptors (Lipinski definition) is 3. The summed E-state index contributed by atoms with van der Waals surface area (Å²) in [6, 6.07) is 10.7. The summed E-state index contributed by atoms with van der Waals surface area (Å²) in [4.78, 5) is 13.8. The van der Waals surface area contributed by atoms with Crippen LogP contribution in [0.25, 0.3) is 0 Å². The monoisotopic (exact) mass is 290 g/mol. The van der Waals surface area contributed by atoms with Gasteiger partial charge >= 0.3 is 5.97 Å². The number of carboxylic acids is 1. The molecule has 1 atom stereocenters. The molecule has 4 nitrogen and oxygen atoms in total. The molecule has 21 heavy (non-hydrogen) atoms. The number of carboxylic acid groups (broad SMARTS) is 1. The van der Waals surface area contributed by atoms with E-state index in [9.17, 15) is 9.90 Å². The lowest BCUT2D eigenvalue weighted by atomic mass is 9.89. The van der Waals surface area contributed by atoms with Crippen molar-refractivity contribution in [3.63, 3.8) is 0 Å². The number of benzene rings is 1. The standard InChI is InChI=1S/C17H26N2O2/c1-18-14-8-10-15(11-9-14)19(2)12-16(17(20)21)13-6-4-3-5-7-13/h3-7,14-16,18H,8-12H2,1-2H3,(H,20,21). The molecule has 1 aromatic rings. The Morgan fingerprint density at radius 2 is 1.90 bits per heavy atom. The van der Waals surface area contributed by atoms with Crippen molar-refractivity contribution in [1.29, 1.82) is 0 Å². The van der Waals surface area contributed by atoms with E-state index in [4.69, 9.17) is 0 Å². The third-order valence-corrected chi connectivity index (χ3v) is 4.70. The third kappa shape index (κ3) is 4.29. The van der Waals surface area contributed by atoms with Crippen LogP contribution in [-0.4, -0.2) is 48.7 Å². The number of nitrogens with one attached hydrogen (secondary N) is 1. The molecule has 1 saturated carbocycles. The fraction of sp³-hybridized carbons (Fsp3) is 0.588. The molecule has 0 amide bonds. The highest BCUT2D eigenvalue weighted by Gasteiger charge is 2.27. The normalized spacial score (nSPS) is 24.0. The molecule has 0 radical (unpaired) electrons. The van der Waals surface area contributed by atoms with Crippen molar-refractivity contribution in [2.45, 2.75) is 43.7 Å². The van der Waals surface area contributed by atoms with Gasteiger partial charge in [0, 0.05) is 18.6 Å². The highest BCUT2D eigenvalue weighted by Crippen LogP contribution is 2.25. The first kappa shape index (κ1) is 16.0. The van der Waals surface area contributed by atoms with Crippen molar-refractivity contribution < 1.29 is 9.90 Å². The summed E-state index contributed by atoms with van der Waals surface area (Å²) in [7, 11) is 4.08. The van der Waals surface area contributed by atoms with Gasteiger partial charge in [-0.25, -0.2) is 0 Å². The van der Waals surface area contributed by atoms with Gasteiger partial charge in [-0.1, -0.05) is 30.3 Å². The number of likely N-dealkylation sites (N-methyl/N-ethyl adjacent to an activating group) is 1. The van der Waals surface area contributed by atoms with Gasteiger partial charge in [0.15, 0.2) is 0 Å². The van der Waals surface area contributed by atoms with Crippen LogP contribution >= 0.6 is 0 Å². The second-order valence-corrected chi connectivity index (χ2v) is 6.04. The van der Waals surface area contributed by atoms with Crippen LogP contribution in [0, 0.1) is 0 Å². The van der Waals surface area contributed by atoms with Crippen LogP contribution in [0.3, 0.4) is 0 Å². The van der Waals surface area contributed by atoms with Crippen molar-refractivity contribution in [2.75, 3.05) is 20.6 Å². The van der Waals surface area contributed by atoms with Gasteiger partial charge in [0.2, 0.25) is 0 Å². The van der Waals surface area contributed by atoms with Gasteiger partial charge in [0.1, 0.15) is 0 Å². The summed E-state index contributed by atoms with van der Waals surface area (Å²) < 4.78 is 0. The van der Waals surface area contributed by atoms with Gasteiger partial charge < -0.3 is 15.3 Å². The maximum absolute atomic E-state index is 11.6. The van der Waals surface area contributed by atoms with E-state index < -0.39 is 11.9 Å². The largest absolute Gasteiger partial charge is 0.481 e. The number of carbonyl (C=O) groups is 1. The molecular weight excluding hydrogens is 264 g/mol. The highest BCUT2D eigenvalue weighted by molar-refractivity contribution is 5.76. The Labute approximate surface area is 127 Å². The van der Waals surface area contributed by atoms with Crippen LogP contribution < -0.4 is 5.32 Å². The lowest BCUT2D eigenvalue weighted by Gasteiger charge is -2.35. The SMILES string of the molecule is CNC1CCC(N(C)CC(C(=O)O)c2ccccc2)CC1. The quantitative estimate of drug-likeness (QED) is 0.844. The van der Waals surface area contributed by atoms with Gasteiger partial charge in [0.05, 0.1) is 5.92 Å². The average Bonchev–Trinajstić information content (AvgIpc) is 2.53. The first-order valence-electron chi connectivity index (χ1n) is 7.77. The van der Waals surface area contributed by atoms with Crippen molar-refractivity contribution in [3.8, 4) is 0 Å². The predicted molar refractivity (Wildman–Crippen MR) is 84.6 cm³/mol. The number of rotatable bonds is 6. The fourth-order valence-electron chi connectivity index (χ4n) is 3.25. The molecule has 1 fully saturated rings. The van der Waals surface area contributed by atoms with Crippen LogP contribution in [0.15, 0.2) is 30.3 Å². The maximum atomic E-state index is 11.6. The number of aliphatic carboxylic acids is 1.